The van der Waals surface area contributed by atoms with Crippen LogP contribution in [0.2, 0.25) is 0 Å². The molecule has 0 radical (unpaired) electrons. The van der Waals surface area contributed by atoms with Gasteiger partial charge in [0.1, 0.15) is 0 Å². The highest BCUT2D eigenvalue weighted by Crippen LogP contribution is 2.31. The largest absolute Gasteiger partial charge is 0.339 e. The van der Waals surface area contributed by atoms with Crippen molar-refractivity contribution in [3.63, 3.8) is 0 Å². The summed E-state index contributed by atoms with van der Waals surface area (Å²) in [7, 11) is -7.84. The second-order valence-electron chi connectivity index (χ2n) is 2.55. The van der Waals surface area contributed by atoms with Gasteiger partial charge in [0.2, 0.25) is 15.9 Å². The first-order valence-electron chi connectivity index (χ1n) is 3.36. The van der Waals surface area contributed by atoms with Crippen LogP contribution in [0.4, 0.5) is 0 Å². The molecule has 0 atom stereocenters. The minimum atomic E-state index is -4.21. The van der Waals surface area contributed by atoms with Crippen LogP contribution in [0, 0.1) is 0 Å². The van der Waals surface area contributed by atoms with Gasteiger partial charge >= 0.3 is 7.60 Å². The topological polar surface area (TPSA) is 133 Å². The van der Waals surface area contributed by atoms with E-state index >= 15 is 0 Å². The number of nitrogens with one attached hydrogen (secondary N) is 2. The number of rotatable bonds is 5. The fraction of sp³-hybridized carbons (Fsp3) is 0.750. The van der Waals surface area contributed by atoms with Gasteiger partial charge in [-0.05, 0) is 0 Å². The molecule has 0 fully saturated rings. The average Bonchev–Trinajstić information content (AvgIpc) is 1.78. The van der Waals surface area contributed by atoms with E-state index in [4.69, 9.17) is 9.79 Å². The van der Waals surface area contributed by atoms with Crippen molar-refractivity contribution in [1.29, 1.82) is 0 Å². The van der Waals surface area contributed by atoms with E-state index in [1.54, 1.807) is 4.72 Å². The minimum absolute atomic E-state index is 0.474. The van der Waals surface area contributed by atoms with E-state index in [1.807, 2.05) is 0 Å². The van der Waals surface area contributed by atoms with Gasteiger partial charge in [0, 0.05) is 0 Å². The van der Waals surface area contributed by atoms with E-state index in [9.17, 15) is 17.8 Å². The maximum atomic E-state index is 10.7. The monoisotopic (exact) mass is 246 g/mol. The standard InChI is InChI=1S/C4H11N2O6PS/c1-14(11,12)6-4(7)2-5-3-13(8,9)10/h5H,2-3H2,1H3,(H,6,7)(H2,8,9,10). The van der Waals surface area contributed by atoms with Gasteiger partial charge in [-0.15, -0.1) is 0 Å². The highest BCUT2D eigenvalue weighted by atomic mass is 32.2. The number of hydrogen-bond donors (Lipinski definition) is 4. The molecule has 10 heteroatoms. The third-order valence-electron chi connectivity index (χ3n) is 0.903. The summed E-state index contributed by atoms with van der Waals surface area (Å²) in [5.74, 6) is -0.874. The van der Waals surface area contributed by atoms with Gasteiger partial charge in [-0.1, -0.05) is 0 Å². The molecule has 0 aromatic heterocycles. The Morgan fingerprint density at radius 3 is 2.29 bits per heavy atom. The molecule has 0 saturated carbocycles. The summed E-state index contributed by atoms with van der Waals surface area (Å²) in [5, 5.41) is 2.11. The Kier molecular flexibility index (Phi) is 4.69. The van der Waals surface area contributed by atoms with E-state index in [0.717, 1.165) is 6.26 Å². The Morgan fingerprint density at radius 2 is 1.93 bits per heavy atom. The van der Waals surface area contributed by atoms with Gasteiger partial charge in [0.25, 0.3) is 0 Å². The summed E-state index contributed by atoms with van der Waals surface area (Å²) < 4.78 is 32.9. The molecule has 0 aromatic carbocycles. The van der Waals surface area contributed by atoms with Crippen molar-refractivity contribution in [2.75, 3.05) is 19.1 Å². The lowest BCUT2D eigenvalue weighted by atomic mass is 10.6. The summed E-state index contributed by atoms with van der Waals surface area (Å²) >= 11 is 0. The average molecular weight is 246 g/mol. The SMILES string of the molecule is CS(=O)(=O)NC(=O)CNCP(=O)(O)O. The van der Waals surface area contributed by atoms with Crippen molar-refractivity contribution in [1.82, 2.24) is 10.0 Å². The Balaban J connectivity index is 3.83. The van der Waals surface area contributed by atoms with Crippen LogP contribution >= 0.6 is 7.60 Å². The van der Waals surface area contributed by atoms with Crippen molar-refractivity contribution in [3.8, 4) is 0 Å². The highest BCUT2D eigenvalue weighted by molar-refractivity contribution is 7.89. The van der Waals surface area contributed by atoms with E-state index < -0.39 is 36.4 Å². The Labute approximate surface area is 80.9 Å². The zero-order valence-electron chi connectivity index (χ0n) is 7.30. The van der Waals surface area contributed by atoms with Crippen LogP contribution in [0.15, 0.2) is 0 Å². The van der Waals surface area contributed by atoms with E-state index in [-0.39, 0.29) is 0 Å². The summed E-state index contributed by atoms with van der Waals surface area (Å²) in [6.07, 6.45) is 0.123. The zero-order chi connectivity index (χ0) is 11.4. The molecule has 0 aliphatic heterocycles. The van der Waals surface area contributed by atoms with Crippen molar-refractivity contribution >= 4 is 23.5 Å². The van der Waals surface area contributed by atoms with Crippen LogP contribution in [0.1, 0.15) is 0 Å². The molecule has 0 heterocycles. The first kappa shape index (κ1) is 13.5. The van der Waals surface area contributed by atoms with Crippen molar-refractivity contribution in [2.24, 2.45) is 0 Å². The summed E-state index contributed by atoms with van der Waals surface area (Å²) in [6, 6.07) is 0. The van der Waals surface area contributed by atoms with Crippen LogP contribution in [-0.4, -0.2) is 43.2 Å². The molecule has 0 rings (SSSR count). The summed E-state index contributed by atoms with van der Waals surface area (Å²) in [5.41, 5.74) is 0. The first-order valence-corrected chi connectivity index (χ1v) is 7.05. The van der Waals surface area contributed by atoms with Crippen LogP contribution in [0.3, 0.4) is 0 Å². The van der Waals surface area contributed by atoms with Gasteiger partial charge in [0.05, 0.1) is 19.1 Å². The molecular weight excluding hydrogens is 235 g/mol. The van der Waals surface area contributed by atoms with Gasteiger partial charge in [-0.3, -0.25) is 19.4 Å². The Hall–Kier alpha value is -0.470. The number of carbonyl (C=O) groups is 1. The first-order chi connectivity index (χ1) is 6.10. The van der Waals surface area contributed by atoms with Gasteiger partial charge in [-0.2, -0.15) is 0 Å². The van der Waals surface area contributed by atoms with Crippen molar-refractivity contribution < 1.29 is 27.6 Å². The van der Waals surface area contributed by atoms with Crippen molar-refractivity contribution in [3.05, 3.63) is 0 Å². The van der Waals surface area contributed by atoms with E-state index in [0.29, 0.717) is 0 Å². The molecule has 0 bridgehead atoms. The Morgan fingerprint density at radius 1 is 1.43 bits per heavy atom. The molecule has 4 N–H and O–H groups in total. The third kappa shape index (κ3) is 9.62. The van der Waals surface area contributed by atoms with E-state index in [1.165, 1.54) is 0 Å². The molecule has 0 aliphatic rings. The Bertz CT molecular complexity index is 345. The quantitative estimate of drug-likeness (QED) is 0.404. The van der Waals surface area contributed by atoms with Crippen LogP contribution in [0.25, 0.3) is 0 Å². The molecule has 14 heavy (non-hydrogen) atoms. The minimum Gasteiger partial charge on any atom is -0.324 e. The van der Waals surface area contributed by atoms with Crippen LogP contribution in [-0.2, 0) is 19.4 Å². The third-order valence-corrected chi connectivity index (χ3v) is 2.14. The van der Waals surface area contributed by atoms with Gasteiger partial charge < -0.3 is 9.79 Å². The molecule has 0 spiro atoms. The molecule has 0 unspecified atom stereocenters. The van der Waals surface area contributed by atoms with Crippen molar-refractivity contribution in [2.45, 2.75) is 0 Å². The number of sulfonamides is 1. The predicted octanol–water partition coefficient (Wildman–Crippen LogP) is -2.21. The molecule has 0 aromatic rings. The lowest BCUT2D eigenvalue weighted by molar-refractivity contribution is -0.118. The van der Waals surface area contributed by atoms with Gasteiger partial charge in [-0.25, -0.2) is 8.42 Å². The second kappa shape index (κ2) is 4.85. The molecule has 84 valence electrons. The second-order valence-corrected chi connectivity index (χ2v) is 5.94. The zero-order valence-corrected chi connectivity index (χ0v) is 9.01. The molecule has 1 amide bonds. The molecule has 0 aliphatic carbocycles. The fourth-order valence-corrected chi connectivity index (χ4v) is 1.45. The highest BCUT2D eigenvalue weighted by Gasteiger charge is 2.13. The smallest absolute Gasteiger partial charge is 0.324 e. The number of carbonyl (C=O) groups excluding carboxylic acids is 1. The predicted molar refractivity (Wildman–Crippen MR) is 47.9 cm³/mol. The lowest BCUT2D eigenvalue weighted by Crippen LogP contribution is -2.37. The normalized spacial score (nSPS) is 12.5. The lowest BCUT2D eigenvalue weighted by Gasteiger charge is -2.05. The fourth-order valence-electron chi connectivity index (χ4n) is 0.558. The number of amides is 1. The van der Waals surface area contributed by atoms with Crippen LogP contribution < -0.4 is 10.0 Å². The van der Waals surface area contributed by atoms with Gasteiger partial charge in [0.15, 0.2) is 0 Å². The van der Waals surface area contributed by atoms with Crippen LogP contribution in [0.5, 0.6) is 0 Å². The molecular formula is C4H11N2O6PS. The molecule has 8 nitrogen and oxygen atoms in total. The summed E-state index contributed by atoms with van der Waals surface area (Å²) in [4.78, 5) is 27.5. The maximum Gasteiger partial charge on any atom is 0.339 e. The molecule has 0 saturated heterocycles. The van der Waals surface area contributed by atoms with E-state index in [2.05, 4.69) is 5.32 Å². The summed E-state index contributed by atoms with van der Waals surface area (Å²) in [6.45, 7) is -0.474. The maximum absolute atomic E-state index is 10.7. The number of hydrogen-bond acceptors (Lipinski definition) is 5.